The van der Waals surface area contributed by atoms with Crippen LogP contribution in [0.3, 0.4) is 0 Å². The van der Waals surface area contributed by atoms with Gasteiger partial charge in [0.05, 0.1) is 37.1 Å². The van der Waals surface area contributed by atoms with Crippen molar-refractivity contribution in [2.75, 3.05) is 20.8 Å². The van der Waals surface area contributed by atoms with Crippen molar-refractivity contribution < 1.29 is 29.1 Å². The third-order valence-corrected chi connectivity index (χ3v) is 5.97. The van der Waals surface area contributed by atoms with Gasteiger partial charge in [0.25, 0.3) is 17.4 Å². The minimum Gasteiger partial charge on any atom is -0.507 e. The number of Topliss-reactive ketones (excluding diaryl/α,β-unsaturated/α-hetero) is 1. The Morgan fingerprint density at radius 2 is 1.89 bits per heavy atom. The first-order valence-electron chi connectivity index (χ1n) is 11.1. The fraction of sp³-hybridized carbons (Fsp3) is 0.240. The van der Waals surface area contributed by atoms with Crippen molar-refractivity contribution in [2.45, 2.75) is 19.0 Å². The molecule has 36 heavy (non-hydrogen) atoms. The van der Waals surface area contributed by atoms with E-state index in [1.807, 2.05) is 4.57 Å². The van der Waals surface area contributed by atoms with Crippen LogP contribution in [-0.4, -0.2) is 56.9 Å². The highest BCUT2D eigenvalue weighted by Crippen LogP contribution is 2.41. The van der Waals surface area contributed by atoms with Crippen LogP contribution >= 0.6 is 0 Å². The minimum atomic E-state index is -1.01. The van der Waals surface area contributed by atoms with Crippen molar-refractivity contribution in [3.05, 3.63) is 88.0 Å². The molecule has 2 aromatic carbocycles. The number of benzene rings is 2. The molecular weight excluding hydrogens is 468 g/mol. The molecule has 0 spiro atoms. The topological polar surface area (TPSA) is 137 Å². The van der Waals surface area contributed by atoms with Gasteiger partial charge in [-0.3, -0.25) is 19.7 Å². The van der Waals surface area contributed by atoms with Crippen LogP contribution in [0.4, 0.5) is 5.69 Å². The lowest BCUT2D eigenvalue weighted by atomic mass is 9.94. The van der Waals surface area contributed by atoms with Gasteiger partial charge >= 0.3 is 0 Å². The number of hydrogen-bond acceptors (Lipinski definition) is 8. The number of ether oxygens (including phenoxy) is 2. The van der Waals surface area contributed by atoms with Crippen LogP contribution in [0.2, 0.25) is 0 Å². The van der Waals surface area contributed by atoms with Crippen molar-refractivity contribution >= 4 is 23.1 Å². The van der Waals surface area contributed by atoms with E-state index in [4.69, 9.17) is 9.47 Å². The van der Waals surface area contributed by atoms with E-state index in [2.05, 4.69) is 4.98 Å². The first-order valence-corrected chi connectivity index (χ1v) is 11.1. The molecule has 1 N–H and O–H groups in total. The Morgan fingerprint density at radius 1 is 1.11 bits per heavy atom. The van der Waals surface area contributed by atoms with Crippen LogP contribution in [0.15, 0.2) is 66.8 Å². The molecule has 11 nitrogen and oxygen atoms in total. The second kappa shape index (κ2) is 10.3. The zero-order chi connectivity index (χ0) is 25.8. The van der Waals surface area contributed by atoms with E-state index in [0.29, 0.717) is 30.0 Å². The molecule has 186 valence electrons. The Bertz CT molecular complexity index is 1330. The number of non-ortho nitro benzene ring substituents is 1. The lowest BCUT2D eigenvalue weighted by molar-refractivity contribution is -0.384. The number of nitrogens with zero attached hydrogens (tertiary/aromatic N) is 4. The summed E-state index contributed by atoms with van der Waals surface area (Å²) in [4.78, 5) is 42.5. The third kappa shape index (κ3) is 4.63. The normalized spacial score (nSPS) is 16.8. The lowest BCUT2D eigenvalue weighted by Gasteiger charge is -2.25. The fourth-order valence-corrected chi connectivity index (χ4v) is 4.25. The van der Waals surface area contributed by atoms with Crippen LogP contribution in [0.5, 0.6) is 11.5 Å². The second-order valence-corrected chi connectivity index (χ2v) is 8.07. The summed E-state index contributed by atoms with van der Waals surface area (Å²) >= 11 is 0. The quantitative estimate of drug-likeness (QED) is 0.158. The van der Waals surface area contributed by atoms with Gasteiger partial charge in [0.1, 0.15) is 5.76 Å². The van der Waals surface area contributed by atoms with Crippen LogP contribution < -0.4 is 9.47 Å². The van der Waals surface area contributed by atoms with E-state index in [1.54, 1.807) is 30.9 Å². The largest absolute Gasteiger partial charge is 0.507 e. The summed E-state index contributed by atoms with van der Waals surface area (Å²) in [5.74, 6) is -1.34. The Balaban J connectivity index is 1.79. The molecule has 1 saturated heterocycles. The van der Waals surface area contributed by atoms with E-state index < -0.39 is 28.4 Å². The zero-order valence-electron chi connectivity index (χ0n) is 19.7. The molecule has 0 bridgehead atoms. The van der Waals surface area contributed by atoms with Gasteiger partial charge < -0.3 is 24.0 Å². The van der Waals surface area contributed by atoms with Crippen molar-refractivity contribution in [1.29, 1.82) is 0 Å². The number of ketones is 1. The molecule has 1 amide bonds. The molecule has 1 aliphatic heterocycles. The standard InChI is InChI=1S/C25H24N4O7/c1-35-19-8-7-17(14-20(19)36-2)23(30)21-22(16-5-3-6-18(13-16)29(33)34)28(25(32)24(21)31)11-4-10-27-12-9-26-15-27/h3,5-9,12-15,22,30H,4,10-11H2,1-2H3. The van der Waals surface area contributed by atoms with Gasteiger partial charge in [-0.25, -0.2) is 4.98 Å². The highest BCUT2D eigenvalue weighted by molar-refractivity contribution is 6.46. The maximum absolute atomic E-state index is 13.2. The predicted molar refractivity (Wildman–Crippen MR) is 128 cm³/mol. The van der Waals surface area contributed by atoms with Crippen LogP contribution in [0.25, 0.3) is 5.76 Å². The van der Waals surface area contributed by atoms with Crippen molar-refractivity contribution in [2.24, 2.45) is 0 Å². The Hall–Kier alpha value is -4.67. The van der Waals surface area contributed by atoms with Crippen LogP contribution in [0, 0.1) is 10.1 Å². The number of rotatable bonds is 9. The second-order valence-electron chi connectivity index (χ2n) is 8.07. The highest BCUT2D eigenvalue weighted by atomic mass is 16.6. The molecule has 11 heteroatoms. The number of imidazole rings is 1. The molecule has 3 aromatic rings. The van der Waals surface area contributed by atoms with E-state index in [9.17, 15) is 24.8 Å². The number of methoxy groups -OCH3 is 2. The Morgan fingerprint density at radius 3 is 2.56 bits per heavy atom. The average molecular weight is 492 g/mol. The number of hydrogen-bond donors (Lipinski definition) is 1. The SMILES string of the molecule is COc1ccc(C(O)=C2C(=O)C(=O)N(CCCn3ccnc3)C2c2cccc([N+](=O)[O-])c2)cc1OC. The van der Waals surface area contributed by atoms with Gasteiger partial charge in [-0.2, -0.15) is 0 Å². The predicted octanol–water partition coefficient (Wildman–Crippen LogP) is 3.32. The number of nitro groups is 1. The summed E-state index contributed by atoms with van der Waals surface area (Å²) in [5, 5.41) is 22.6. The van der Waals surface area contributed by atoms with Gasteiger partial charge in [0.15, 0.2) is 11.5 Å². The smallest absolute Gasteiger partial charge is 0.295 e. The van der Waals surface area contributed by atoms with Crippen molar-refractivity contribution in [3.63, 3.8) is 0 Å². The number of aromatic nitrogens is 2. The molecular formula is C25H24N4O7. The number of aliphatic hydroxyl groups is 1. The summed E-state index contributed by atoms with van der Waals surface area (Å²) in [6, 6.07) is 9.28. The summed E-state index contributed by atoms with van der Waals surface area (Å²) in [7, 11) is 2.90. The van der Waals surface area contributed by atoms with E-state index in [-0.39, 0.29) is 23.4 Å². The molecule has 1 atom stereocenters. The summed E-state index contributed by atoms with van der Waals surface area (Å²) in [6.07, 6.45) is 5.55. The summed E-state index contributed by atoms with van der Waals surface area (Å²) < 4.78 is 12.4. The minimum absolute atomic E-state index is 0.157. The van der Waals surface area contributed by atoms with Crippen molar-refractivity contribution in [1.82, 2.24) is 14.5 Å². The molecule has 0 aliphatic carbocycles. The van der Waals surface area contributed by atoms with Gasteiger partial charge in [-0.05, 0) is 30.2 Å². The van der Waals surface area contributed by atoms with Crippen LogP contribution in [-0.2, 0) is 16.1 Å². The number of nitro benzene ring substituents is 1. The van der Waals surface area contributed by atoms with Gasteiger partial charge in [-0.1, -0.05) is 12.1 Å². The molecule has 1 unspecified atom stereocenters. The van der Waals surface area contributed by atoms with Crippen molar-refractivity contribution in [3.8, 4) is 11.5 Å². The number of aliphatic hydroxyl groups excluding tert-OH is 1. The fourth-order valence-electron chi connectivity index (χ4n) is 4.25. The number of carbonyl (C=O) groups is 2. The maximum atomic E-state index is 13.2. The molecule has 2 heterocycles. The molecule has 1 aliphatic rings. The first kappa shape index (κ1) is 24.5. The lowest BCUT2D eigenvalue weighted by Crippen LogP contribution is -2.31. The van der Waals surface area contributed by atoms with E-state index in [1.165, 1.54) is 49.5 Å². The molecule has 0 saturated carbocycles. The van der Waals surface area contributed by atoms with Gasteiger partial charge in [-0.15, -0.1) is 0 Å². The van der Waals surface area contributed by atoms with E-state index in [0.717, 1.165) is 0 Å². The summed E-state index contributed by atoms with van der Waals surface area (Å²) in [6.45, 7) is 0.721. The van der Waals surface area contributed by atoms with Gasteiger partial charge in [0.2, 0.25) is 0 Å². The zero-order valence-corrected chi connectivity index (χ0v) is 19.7. The van der Waals surface area contributed by atoms with E-state index >= 15 is 0 Å². The molecule has 1 aromatic heterocycles. The van der Waals surface area contributed by atoms with Crippen LogP contribution in [0.1, 0.15) is 23.6 Å². The number of likely N-dealkylation sites (tertiary alicyclic amines) is 1. The Kier molecular flexibility index (Phi) is 7.00. The monoisotopic (exact) mass is 492 g/mol. The third-order valence-electron chi connectivity index (χ3n) is 5.97. The highest BCUT2D eigenvalue weighted by Gasteiger charge is 2.46. The number of carbonyl (C=O) groups excluding carboxylic acids is 2. The molecule has 0 radical (unpaired) electrons. The van der Waals surface area contributed by atoms with Gasteiger partial charge in [0, 0.05) is 43.2 Å². The average Bonchev–Trinajstić information content (AvgIpc) is 3.50. The molecule has 1 fully saturated rings. The molecule has 4 rings (SSSR count). The summed E-state index contributed by atoms with van der Waals surface area (Å²) in [5.41, 5.74) is 0.227. The number of amides is 1. The Labute approximate surface area is 206 Å². The maximum Gasteiger partial charge on any atom is 0.295 e. The first-order chi connectivity index (χ1) is 17.3. The number of aryl methyl sites for hydroxylation is 1.